The molecule has 2 rings (SSSR count). The molecule has 0 fully saturated rings. The summed E-state index contributed by atoms with van der Waals surface area (Å²) in [6.07, 6.45) is 1.70. The highest BCUT2D eigenvalue weighted by Gasteiger charge is 2.06. The van der Waals surface area contributed by atoms with Crippen LogP contribution in [-0.4, -0.2) is 9.97 Å². The van der Waals surface area contributed by atoms with E-state index in [1.54, 1.807) is 18.3 Å². The number of aromatic amines is 1. The van der Waals surface area contributed by atoms with E-state index in [4.69, 9.17) is 34.8 Å². The first-order valence-electron chi connectivity index (χ1n) is 4.26. The molecule has 0 aliphatic heterocycles. The second kappa shape index (κ2) is 4.44. The second-order valence-corrected chi connectivity index (χ2v) is 4.11. The zero-order valence-electron chi connectivity index (χ0n) is 7.60. The van der Waals surface area contributed by atoms with Crippen LogP contribution in [0.4, 0.5) is 0 Å². The van der Waals surface area contributed by atoms with E-state index in [0.717, 1.165) is 17.1 Å². The molecule has 0 saturated carbocycles. The molecule has 1 heterocycles. The molecule has 0 atom stereocenters. The van der Waals surface area contributed by atoms with Gasteiger partial charge in [0, 0.05) is 10.6 Å². The second-order valence-electron chi connectivity index (χ2n) is 3.00. The maximum Gasteiger partial charge on any atom is 0.121 e. The highest BCUT2D eigenvalue weighted by molar-refractivity contribution is 6.36. The zero-order chi connectivity index (χ0) is 10.8. The Balaban J connectivity index is 2.44. The average molecular weight is 262 g/mol. The van der Waals surface area contributed by atoms with Crippen LogP contribution in [0.5, 0.6) is 0 Å². The van der Waals surface area contributed by atoms with Crippen molar-refractivity contribution in [2.75, 3.05) is 0 Å². The van der Waals surface area contributed by atoms with Crippen LogP contribution in [0.3, 0.4) is 0 Å². The summed E-state index contributed by atoms with van der Waals surface area (Å²) in [4.78, 5) is 7.16. The third kappa shape index (κ3) is 2.28. The van der Waals surface area contributed by atoms with Gasteiger partial charge in [0.1, 0.15) is 5.82 Å². The molecule has 2 aromatic rings. The Morgan fingerprint density at radius 2 is 2.07 bits per heavy atom. The van der Waals surface area contributed by atoms with Crippen LogP contribution in [0.15, 0.2) is 24.4 Å². The van der Waals surface area contributed by atoms with E-state index in [9.17, 15) is 0 Å². The largest absolute Gasteiger partial charge is 0.341 e. The van der Waals surface area contributed by atoms with E-state index in [-0.39, 0.29) is 0 Å². The monoisotopic (exact) mass is 260 g/mol. The SMILES string of the molecule is ClCc1ncc(-c2ccc(Cl)cc2Cl)[nH]1. The molecular formula is C10H7Cl3N2. The predicted molar refractivity (Wildman–Crippen MR) is 63.6 cm³/mol. The van der Waals surface area contributed by atoms with Gasteiger partial charge in [-0.3, -0.25) is 0 Å². The Morgan fingerprint density at radius 3 is 2.67 bits per heavy atom. The lowest BCUT2D eigenvalue weighted by Gasteiger charge is -2.01. The molecule has 0 unspecified atom stereocenters. The number of aromatic nitrogens is 2. The summed E-state index contributed by atoms with van der Waals surface area (Å²) in [5.41, 5.74) is 1.71. The molecule has 0 aliphatic rings. The number of hydrogen-bond donors (Lipinski definition) is 1. The van der Waals surface area contributed by atoms with E-state index in [1.165, 1.54) is 0 Å². The third-order valence-corrected chi connectivity index (χ3v) is 2.78. The van der Waals surface area contributed by atoms with E-state index in [1.807, 2.05) is 6.07 Å². The van der Waals surface area contributed by atoms with Gasteiger partial charge in [-0.25, -0.2) is 4.98 Å². The van der Waals surface area contributed by atoms with E-state index in [2.05, 4.69) is 9.97 Å². The number of imidazole rings is 1. The highest BCUT2D eigenvalue weighted by atomic mass is 35.5. The number of nitrogens with one attached hydrogen (secondary N) is 1. The van der Waals surface area contributed by atoms with Gasteiger partial charge in [-0.15, -0.1) is 11.6 Å². The third-order valence-electron chi connectivity index (χ3n) is 1.98. The number of H-pyrrole nitrogens is 1. The van der Waals surface area contributed by atoms with Crippen molar-refractivity contribution >= 4 is 34.8 Å². The van der Waals surface area contributed by atoms with Crippen LogP contribution in [0.2, 0.25) is 10.0 Å². The van der Waals surface area contributed by atoms with Crippen LogP contribution < -0.4 is 0 Å². The average Bonchev–Trinajstić information content (AvgIpc) is 2.66. The number of halogens is 3. The Labute approximate surface area is 102 Å². The molecular weight excluding hydrogens is 254 g/mol. The standard InChI is InChI=1S/C10H7Cl3N2/c11-4-10-14-5-9(15-10)7-2-1-6(12)3-8(7)13/h1-3,5H,4H2,(H,14,15). The van der Waals surface area contributed by atoms with Gasteiger partial charge >= 0.3 is 0 Å². The van der Waals surface area contributed by atoms with Crippen molar-refractivity contribution in [3.63, 3.8) is 0 Å². The summed E-state index contributed by atoms with van der Waals surface area (Å²) in [5, 5.41) is 1.20. The first-order chi connectivity index (χ1) is 7.20. The van der Waals surface area contributed by atoms with Gasteiger partial charge < -0.3 is 4.98 Å². The summed E-state index contributed by atoms with van der Waals surface area (Å²) in [5.74, 6) is 1.07. The Hall–Kier alpha value is -0.700. The number of benzene rings is 1. The molecule has 1 aromatic heterocycles. The molecule has 78 valence electrons. The fourth-order valence-electron chi connectivity index (χ4n) is 1.28. The van der Waals surface area contributed by atoms with Crippen molar-refractivity contribution < 1.29 is 0 Å². The van der Waals surface area contributed by atoms with Crippen molar-refractivity contribution in [1.29, 1.82) is 0 Å². The summed E-state index contributed by atoms with van der Waals surface area (Å²) in [6.45, 7) is 0. The molecule has 0 saturated heterocycles. The minimum atomic E-state index is 0.352. The Kier molecular flexibility index (Phi) is 3.19. The number of rotatable bonds is 2. The number of alkyl halides is 1. The molecule has 15 heavy (non-hydrogen) atoms. The van der Waals surface area contributed by atoms with Crippen molar-refractivity contribution in [1.82, 2.24) is 9.97 Å². The van der Waals surface area contributed by atoms with Gasteiger partial charge in [0.2, 0.25) is 0 Å². The topological polar surface area (TPSA) is 28.7 Å². The molecule has 0 bridgehead atoms. The van der Waals surface area contributed by atoms with Crippen LogP contribution in [0.1, 0.15) is 5.82 Å². The molecule has 1 N–H and O–H groups in total. The highest BCUT2D eigenvalue weighted by Crippen LogP contribution is 2.29. The summed E-state index contributed by atoms with van der Waals surface area (Å²) in [6, 6.07) is 5.32. The lowest BCUT2D eigenvalue weighted by molar-refractivity contribution is 1.12. The quantitative estimate of drug-likeness (QED) is 0.809. The predicted octanol–water partition coefficient (Wildman–Crippen LogP) is 4.12. The van der Waals surface area contributed by atoms with Gasteiger partial charge in [0.05, 0.1) is 22.8 Å². The Bertz CT molecular complexity index is 479. The van der Waals surface area contributed by atoms with Crippen molar-refractivity contribution in [2.45, 2.75) is 5.88 Å². The summed E-state index contributed by atoms with van der Waals surface area (Å²) in [7, 11) is 0. The van der Waals surface area contributed by atoms with Gasteiger partial charge in [0.15, 0.2) is 0 Å². The lowest BCUT2D eigenvalue weighted by Crippen LogP contribution is -1.82. The maximum atomic E-state index is 6.05. The first kappa shape index (κ1) is 10.8. The van der Waals surface area contributed by atoms with Crippen LogP contribution in [0.25, 0.3) is 11.3 Å². The number of hydrogen-bond acceptors (Lipinski definition) is 1. The smallest absolute Gasteiger partial charge is 0.121 e. The van der Waals surface area contributed by atoms with Crippen molar-refractivity contribution in [3.05, 3.63) is 40.3 Å². The van der Waals surface area contributed by atoms with E-state index < -0.39 is 0 Å². The molecule has 1 aromatic carbocycles. The molecule has 0 spiro atoms. The van der Waals surface area contributed by atoms with Crippen molar-refractivity contribution in [2.24, 2.45) is 0 Å². The van der Waals surface area contributed by atoms with Gasteiger partial charge in [-0.2, -0.15) is 0 Å². The molecule has 0 aliphatic carbocycles. The van der Waals surface area contributed by atoms with Crippen molar-refractivity contribution in [3.8, 4) is 11.3 Å². The fourth-order valence-corrected chi connectivity index (χ4v) is 1.92. The minimum absolute atomic E-state index is 0.352. The lowest BCUT2D eigenvalue weighted by atomic mass is 10.2. The van der Waals surface area contributed by atoms with E-state index in [0.29, 0.717) is 15.9 Å². The number of nitrogens with zero attached hydrogens (tertiary/aromatic N) is 1. The molecule has 2 nitrogen and oxygen atoms in total. The molecule has 0 radical (unpaired) electrons. The normalized spacial score (nSPS) is 10.6. The first-order valence-corrected chi connectivity index (χ1v) is 5.55. The van der Waals surface area contributed by atoms with Gasteiger partial charge in [0.25, 0.3) is 0 Å². The van der Waals surface area contributed by atoms with Gasteiger partial charge in [-0.05, 0) is 18.2 Å². The van der Waals surface area contributed by atoms with Crippen LogP contribution >= 0.6 is 34.8 Å². The molecule has 5 heteroatoms. The van der Waals surface area contributed by atoms with Crippen LogP contribution in [-0.2, 0) is 5.88 Å². The molecule has 0 amide bonds. The summed E-state index contributed by atoms with van der Waals surface area (Å²) >= 11 is 17.5. The summed E-state index contributed by atoms with van der Waals surface area (Å²) < 4.78 is 0. The van der Waals surface area contributed by atoms with E-state index >= 15 is 0 Å². The Morgan fingerprint density at radius 1 is 1.27 bits per heavy atom. The maximum absolute atomic E-state index is 6.05. The van der Waals surface area contributed by atoms with Crippen LogP contribution in [0, 0.1) is 0 Å². The zero-order valence-corrected chi connectivity index (χ0v) is 9.87. The minimum Gasteiger partial charge on any atom is -0.341 e. The van der Waals surface area contributed by atoms with Gasteiger partial charge in [-0.1, -0.05) is 23.2 Å². The fraction of sp³-hybridized carbons (Fsp3) is 0.100.